The second-order valence-electron chi connectivity index (χ2n) is 4.43. The molecule has 21 heavy (non-hydrogen) atoms. The summed E-state index contributed by atoms with van der Waals surface area (Å²) in [6, 6.07) is 9.98. The molecule has 0 fully saturated rings. The second-order valence-corrected chi connectivity index (χ2v) is 4.43. The molecule has 0 heterocycles. The van der Waals surface area contributed by atoms with Crippen molar-refractivity contribution in [2.24, 2.45) is 0 Å². The van der Waals surface area contributed by atoms with E-state index in [1.807, 2.05) is 0 Å². The third-order valence-electron chi connectivity index (χ3n) is 2.96. The van der Waals surface area contributed by atoms with Crippen LogP contribution < -0.4 is 0 Å². The van der Waals surface area contributed by atoms with E-state index in [2.05, 4.69) is 0 Å². The summed E-state index contributed by atoms with van der Waals surface area (Å²) in [5.74, 6) is -1.21. The first-order valence-corrected chi connectivity index (χ1v) is 6.14. The van der Waals surface area contributed by atoms with E-state index in [1.54, 1.807) is 13.0 Å². The lowest BCUT2D eigenvalue weighted by molar-refractivity contribution is -0.385. The number of aryl methyl sites for hydroxylation is 1. The molecule has 0 radical (unpaired) electrons. The van der Waals surface area contributed by atoms with Gasteiger partial charge in [0.2, 0.25) is 0 Å². The Morgan fingerprint density at radius 2 is 2.00 bits per heavy atom. The second kappa shape index (κ2) is 6.13. The van der Waals surface area contributed by atoms with Gasteiger partial charge in [-0.1, -0.05) is 24.3 Å². The van der Waals surface area contributed by atoms with E-state index in [0.717, 1.165) is 6.07 Å². The molecule has 0 spiro atoms. The molecular formula is C15H12FNO4. The number of halogens is 1. The van der Waals surface area contributed by atoms with Gasteiger partial charge in [0.15, 0.2) is 0 Å². The number of nitro groups is 1. The van der Waals surface area contributed by atoms with E-state index in [-0.39, 0.29) is 23.4 Å². The Bertz CT molecular complexity index is 700. The summed E-state index contributed by atoms with van der Waals surface area (Å²) in [5.41, 5.74) is 0.595. The molecule has 0 aliphatic carbocycles. The van der Waals surface area contributed by atoms with Crippen molar-refractivity contribution in [3.63, 3.8) is 0 Å². The third-order valence-corrected chi connectivity index (χ3v) is 2.96. The highest BCUT2D eigenvalue weighted by Crippen LogP contribution is 2.20. The minimum Gasteiger partial charge on any atom is -0.457 e. The molecule has 0 aromatic heterocycles. The van der Waals surface area contributed by atoms with Crippen LogP contribution in [0.15, 0.2) is 42.5 Å². The SMILES string of the molecule is Cc1ccc(C(=O)OCc2ccccc2F)cc1[N+](=O)[O-]. The molecule has 0 bridgehead atoms. The van der Waals surface area contributed by atoms with E-state index in [0.29, 0.717) is 5.56 Å². The van der Waals surface area contributed by atoms with Gasteiger partial charge in [-0.15, -0.1) is 0 Å². The van der Waals surface area contributed by atoms with Crippen LogP contribution >= 0.6 is 0 Å². The topological polar surface area (TPSA) is 69.4 Å². The standard InChI is InChI=1S/C15H12FNO4/c1-10-6-7-11(8-14(10)17(19)20)15(18)21-9-12-4-2-3-5-13(12)16/h2-8H,9H2,1H3. The summed E-state index contributed by atoms with van der Waals surface area (Å²) in [5, 5.41) is 10.8. The number of carbonyl (C=O) groups is 1. The smallest absolute Gasteiger partial charge is 0.338 e. The van der Waals surface area contributed by atoms with Crippen LogP contribution in [0, 0.1) is 22.9 Å². The molecule has 5 nitrogen and oxygen atoms in total. The van der Waals surface area contributed by atoms with E-state index in [9.17, 15) is 19.3 Å². The lowest BCUT2D eigenvalue weighted by Crippen LogP contribution is -2.07. The Morgan fingerprint density at radius 3 is 2.67 bits per heavy atom. The lowest BCUT2D eigenvalue weighted by atomic mass is 10.1. The average Bonchev–Trinajstić information content (AvgIpc) is 2.46. The molecule has 0 saturated heterocycles. The van der Waals surface area contributed by atoms with E-state index in [1.165, 1.54) is 30.3 Å². The number of nitrogens with zero attached hydrogens (tertiary/aromatic N) is 1. The molecule has 6 heteroatoms. The quantitative estimate of drug-likeness (QED) is 0.491. The molecule has 0 N–H and O–H groups in total. The molecule has 0 saturated carbocycles. The van der Waals surface area contributed by atoms with Gasteiger partial charge in [-0.3, -0.25) is 10.1 Å². The van der Waals surface area contributed by atoms with Gasteiger partial charge in [0, 0.05) is 17.2 Å². The minimum atomic E-state index is -0.735. The first kappa shape index (κ1) is 14.6. The monoisotopic (exact) mass is 289 g/mol. The molecule has 0 atom stereocenters. The Morgan fingerprint density at radius 1 is 1.29 bits per heavy atom. The van der Waals surface area contributed by atoms with Crippen molar-refractivity contribution < 1.29 is 18.8 Å². The van der Waals surface area contributed by atoms with Crippen LogP contribution in [-0.2, 0) is 11.3 Å². The van der Waals surface area contributed by atoms with Gasteiger partial charge < -0.3 is 4.74 Å². The third kappa shape index (κ3) is 3.42. The Labute approximate surface area is 120 Å². The van der Waals surface area contributed by atoms with Gasteiger partial charge in [0.05, 0.1) is 10.5 Å². The van der Waals surface area contributed by atoms with E-state index >= 15 is 0 Å². The van der Waals surface area contributed by atoms with Crippen molar-refractivity contribution in [3.8, 4) is 0 Å². The van der Waals surface area contributed by atoms with Crippen LogP contribution in [0.3, 0.4) is 0 Å². The molecular weight excluding hydrogens is 277 g/mol. The summed E-state index contributed by atoms with van der Waals surface area (Å²) < 4.78 is 18.4. The van der Waals surface area contributed by atoms with Gasteiger partial charge in [0.25, 0.3) is 5.69 Å². The fourth-order valence-electron chi connectivity index (χ4n) is 1.78. The lowest BCUT2D eigenvalue weighted by Gasteiger charge is -2.06. The summed E-state index contributed by atoms with van der Waals surface area (Å²) in [6.07, 6.45) is 0. The number of rotatable bonds is 4. The van der Waals surface area contributed by atoms with Crippen LogP contribution in [-0.4, -0.2) is 10.9 Å². The van der Waals surface area contributed by atoms with Crippen LogP contribution in [0.25, 0.3) is 0 Å². The maximum atomic E-state index is 13.4. The molecule has 0 amide bonds. The Kier molecular flexibility index (Phi) is 4.27. The van der Waals surface area contributed by atoms with Crippen molar-refractivity contribution >= 4 is 11.7 Å². The van der Waals surface area contributed by atoms with Gasteiger partial charge in [-0.2, -0.15) is 0 Å². The van der Waals surface area contributed by atoms with Gasteiger partial charge in [-0.25, -0.2) is 9.18 Å². The molecule has 0 aliphatic rings. The number of hydrogen-bond donors (Lipinski definition) is 0. The zero-order valence-electron chi connectivity index (χ0n) is 11.2. The number of carbonyl (C=O) groups excluding carboxylic acids is 1. The van der Waals surface area contributed by atoms with Crippen LogP contribution in [0.2, 0.25) is 0 Å². The molecule has 2 aromatic carbocycles. The largest absolute Gasteiger partial charge is 0.457 e. The zero-order valence-corrected chi connectivity index (χ0v) is 11.2. The van der Waals surface area contributed by atoms with Crippen LogP contribution in [0.1, 0.15) is 21.5 Å². The fourth-order valence-corrected chi connectivity index (χ4v) is 1.78. The molecule has 108 valence electrons. The Balaban J connectivity index is 2.12. The van der Waals surface area contributed by atoms with Crippen LogP contribution in [0.4, 0.5) is 10.1 Å². The summed E-state index contributed by atoms with van der Waals surface area (Å²) >= 11 is 0. The summed E-state index contributed by atoms with van der Waals surface area (Å²) in [4.78, 5) is 22.1. The van der Waals surface area contributed by atoms with Crippen molar-refractivity contribution in [3.05, 3.63) is 75.1 Å². The fraction of sp³-hybridized carbons (Fsp3) is 0.133. The minimum absolute atomic E-state index is 0.0589. The van der Waals surface area contributed by atoms with Crippen molar-refractivity contribution in [1.82, 2.24) is 0 Å². The van der Waals surface area contributed by atoms with Crippen molar-refractivity contribution in [2.75, 3.05) is 0 Å². The van der Waals surface area contributed by atoms with Gasteiger partial charge >= 0.3 is 5.97 Å². The molecule has 2 rings (SSSR count). The molecule has 0 unspecified atom stereocenters. The first-order valence-electron chi connectivity index (χ1n) is 6.14. The highest BCUT2D eigenvalue weighted by Gasteiger charge is 2.16. The number of nitro benzene ring substituents is 1. The average molecular weight is 289 g/mol. The number of hydrogen-bond acceptors (Lipinski definition) is 4. The predicted molar refractivity (Wildman–Crippen MR) is 73.4 cm³/mol. The number of benzene rings is 2. The summed E-state index contributed by atoms with van der Waals surface area (Å²) in [6.45, 7) is 1.35. The van der Waals surface area contributed by atoms with E-state index in [4.69, 9.17) is 4.74 Å². The maximum Gasteiger partial charge on any atom is 0.338 e. The van der Waals surface area contributed by atoms with E-state index < -0.39 is 16.7 Å². The number of esters is 1. The molecule has 2 aromatic rings. The first-order chi connectivity index (χ1) is 9.99. The van der Waals surface area contributed by atoms with Gasteiger partial charge in [-0.05, 0) is 19.1 Å². The predicted octanol–water partition coefficient (Wildman–Crippen LogP) is 3.40. The van der Waals surface area contributed by atoms with Crippen LogP contribution in [0.5, 0.6) is 0 Å². The highest BCUT2D eigenvalue weighted by molar-refractivity contribution is 5.90. The maximum absolute atomic E-state index is 13.4. The summed E-state index contributed by atoms with van der Waals surface area (Å²) in [7, 11) is 0. The normalized spacial score (nSPS) is 10.2. The van der Waals surface area contributed by atoms with Crippen molar-refractivity contribution in [2.45, 2.75) is 13.5 Å². The number of ether oxygens (including phenoxy) is 1. The van der Waals surface area contributed by atoms with Crippen molar-refractivity contribution in [1.29, 1.82) is 0 Å². The van der Waals surface area contributed by atoms with Gasteiger partial charge in [0.1, 0.15) is 12.4 Å². The Hall–Kier alpha value is -2.76. The molecule has 0 aliphatic heterocycles. The highest BCUT2D eigenvalue weighted by atomic mass is 19.1. The zero-order chi connectivity index (χ0) is 15.4.